The lowest BCUT2D eigenvalue weighted by Crippen LogP contribution is -2.37. The van der Waals surface area contributed by atoms with Gasteiger partial charge in [0.15, 0.2) is 0 Å². The summed E-state index contributed by atoms with van der Waals surface area (Å²) in [4.78, 5) is 23.7. The zero-order chi connectivity index (χ0) is 21.4. The van der Waals surface area contributed by atoms with E-state index in [1.807, 2.05) is 27.7 Å². The van der Waals surface area contributed by atoms with Crippen molar-refractivity contribution in [3.05, 3.63) is 0 Å². The van der Waals surface area contributed by atoms with Gasteiger partial charge in [-0.2, -0.15) is 0 Å². The molecule has 2 N–H and O–H groups in total. The van der Waals surface area contributed by atoms with Crippen LogP contribution in [0.1, 0.15) is 87.0 Å². The van der Waals surface area contributed by atoms with Crippen LogP contribution in [0.2, 0.25) is 0 Å². The van der Waals surface area contributed by atoms with E-state index in [2.05, 4.69) is 31.4 Å². The van der Waals surface area contributed by atoms with Crippen LogP contribution in [0.25, 0.3) is 0 Å². The zero-order valence-electron chi connectivity index (χ0n) is 19.0. The summed E-state index contributed by atoms with van der Waals surface area (Å²) in [6.45, 7) is 15.3. The fourth-order valence-electron chi connectivity index (χ4n) is 3.13. The smallest absolute Gasteiger partial charge is 0.407 e. The minimum absolute atomic E-state index is 0.0183. The van der Waals surface area contributed by atoms with Crippen LogP contribution in [-0.4, -0.2) is 42.9 Å². The molecule has 0 aromatic carbocycles. The molecule has 0 saturated heterocycles. The van der Waals surface area contributed by atoms with Crippen molar-refractivity contribution in [1.29, 1.82) is 0 Å². The Labute approximate surface area is 171 Å². The highest BCUT2D eigenvalue weighted by atomic mass is 16.6. The van der Waals surface area contributed by atoms with E-state index >= 15 is 0 Å². The number of hydrogen-bond donors (Lipinski definition) is 2. The number of nitrogens with one attached hydrogen (secondary N) is 2. The minimum Gasteiger partial charge on any atom is -0.462 e. The van der Waals surface area contributed by atoms with Crippen molar-refractivity contribution in [1.82, 2.24) is 10.6 Å². The first-order valence-corrected chi connectivity index (χ1v) is 10.8. The summed E-state index contributed by atoms with van der Waals surface area (Å²) >= 11 is 0. The lowest BCUT2D eigenvalue weighted by Gasteiger charge is -2.30. The fourth-order valence-corrected chi connectivity index (χ4v) is 3.13. The number of carbonyl (C=O) groups excluding carboxylic acids is 2. The monoisotopic (exact) mass is 398 g/mol. The molecule has 1 amide bonds. The van der Waals surface area contributed by atoms with Crippen molar-refractivity contribution >= 4 is 12.1 Å². The standard InChI is InChI=1S/C22H42N2O4/c1-16(21(2,3)4)27-19(25)15-17-9-11-18(12-10-17)23-13-8-14-24-20(26)28-22(5,6)7/h16-18,23H,8-15H2,1-7H3,(H,24,26). The van der Waals surface area contributed by atoms with E-state index in [0.29, 0.717) is 24.9 Å². The molecule has 0 aliphatic heterocycles. The zero-order valence-corrected chi connectivity index (χ0v) is 19.0. The van der Waals surface area contributed by atoms with E-state index in [0.717, 1.165) is 38.6 Å². The predicted octanol–water partition coefficient (Wildman–Crippen LogP) is 4.42. The van der Waals surface area contributed by atoms with Gasteiger partial charge in [0.1, 0.15) is 11.7 Å². The summed E-state index contributed by atoms with van der Waals surface area (Å²) in [6, 6.07) is 0.502. The van der Waals surface area contributed by atoms with Crippen LogP contribution in [0.4, 0.5) is 4.79 Å². The second-order valence-electron chi connectivity index (χ2n) is 10.2. The SMILES string of the molecule is CC(OC(=O)CC1CCC(NCCCNC(=O)OC(C)(C)C)CC1)C(C)(C)C. The Balaban J connectivity index is 2.12. The Hall–Kier alpha value is -1.30. The van der Waals surface area contributed by atoms with Crippen molar-refractivity contribution in [3.8, 4) is 0 Å². The van der Waals surface area contributed by atoms with Crippen LogP contribution in [0, 0.1) is 11.3 Å². The molecule has 0 aromatic rings. The number of amides is 1. The highest BCUT2D eigenvalue weighted by Crippen LogP contribution is 2.28. The van der Waals surface area contributed by atoms with Gasteiger partial charge in [0.05, 0.1) is 0 Å². The lowest BCUT2D eigenvalue weighted by atomic mass is 9.84. The topological polar surface area (TPSA) is 76.7 Å². The molecule has 28 heavy (non-hydrogen) atoms. The van der Waals surface area contributed by atoms with Gasteiger partial charge in [-0.3, -0.25) is 4.79 Å². The molecule has 0 bridgehead atoms. The molecule has 6 heteroatoms. The van der Waals surface area contributed by atoms with Crippen molar-refractivity contribution in [2.45, 2.75) is 105 Å². The summed E-state index contributed by atoms with van der Waals surface area (Å²) in [5.74, 6) is 0.374. The third kappa shape index (κ3) is 10.9. The molecule has 6 nitrogen and oxygen atoms in total. The van der Waals surface area contributed by atoms with Crippen LogP contribution < -0.4 is 10.6 Å². The summed E-state index contributed by atoms with van der Waals surface area (Å²) in [6.07, 6.45) is 5.29. The molecule has 1 aliphatic carbocycles. The Kier molecular flexibility index (Phi) is 9.75. The first-order chi connectivity index (χ1) is 12.9. The summed E-state index contributed by atoms with van der Waals surface area (Å²) in [5, 5.41) is 6.34. The lowest BCUT2D eigenvalue weighted by molar-refractivity contribution is -0.154. The van der Waals surface area contributed by atoms with Crippen LogP contribution in [0.3, 0.4) is 0 Å². The molecule has 0 spiro atoms. The summed E-state index contributed by atoms with van der Waals surface area (Å²) < 4.78 is 10.8. The molecular formula is C22H42N2O4. The second-order valence-corrected chi connectivity index (χ2v) is 10.2. The van der Waals surface area contributed by atoms with E-state index in [1.165, 1.54) is 0 Å². The third-order valence-corrected chi connectivity index (χ3v) is 5.28. The second kappa shape index (κ2) is 11.0. The highest BCUT2D eigenvalue weighted by Gasteiger charge is 2.27. The number of hydrogen-bond acceptors (Lipinski definition) is 5. The van der Waals surface area contributed by atoms with Crippen molar-refractivity contribution in [3.63, 3.8) is 0 Å². The molecule has 164 valence electrons. The van der Waals surface area contributed by atoms with Gasteiger partial charge >= 0.3 is 12.1 Å². The molecule has 1 atom stereocenters. The number of carbonyl (C=O) groups is 2. The van der Waals surface area contributed by atoms with E-state index in [1.54, 1.807) is 0 Å². The molecule has 1 fully saturated rings. The van der Waals surface area contributed by atoms with Gasteiger partial charge in [-0.05, 0) is 77.7 Å². The molecule has 1 rings (SSSR count). The quantitative estimate of drug-likeness (QED) is 0.468. The van der Waals surface area contributed by atoms with E-state index in [4.69, 9.17) is 9.47 Å². The highest BCUT2D eigenvalue weighted by molar-refractivity contribution is 5.70. The van der Waals surface area contributed by atoms with Gasteiger partial charge in [-0.25, -0.2) is 4.79 Å². The average Bonchev–Trinajstić information content (AvgIpc) is 2.53. The van der Waals surface area contributed by atoms with Crippen molar-refractivity contribution in [2.75, 3.05) is 13.1 Å². The van der Waals surface area contributed by atoms with Crippen LogP contribution in [-0.2, 0) is 14.3 Å². The van der Waals surface area contributed by atoms with Gasteiger partial charge in [0, 0.05) is 19.0 Å². The maximum Gasteiger partial charge on any atom is 0.407 e. The number of ether oxygens (including phenoxy) is 2. The summed E-state index contributed by atoms with van der Waals surface area (Å²) in [5.41, 5.74) is -0.478. The van der Waals surface area contributed by atoms with Crippen LogP contribution in [0.5, 0.6) is 0 Å². The largest absolute Gasteiger partial charge is 0.462 e. The molecular weight excluding hydrogens is 356 g/mol. The Bertz CT molecular complexity index is 486. The van der Waals surface area contributed by atoms with Crippen LogP contribution >= 0.6 is 0 Å². The number of rotatable bonds is 8. The van der Waals surface area contributed by atoms with Gasteiger partial charge in [-0.1, -0.05) is 20.8 Å². The van der Waals surface area contributed by atoms with E-state index in [-0.39, 0.29) is 23.6 Å². The Morgan fingerprint density at radius 3 is 2.14 bits per heavy atom. The van der Waals surface area contributed by atoms with Crippen molar-refractivity contribution in [2.24, 2.45) is 11.3 Å². The Morgan fingerprint density at radius 1 is 1.00 bits per heavy atom. The molecule has 1 aliphatic rings. The molecule has 0 aromatic heterocycles. The maximum atomic E-state index is 12.2. The van der Waals surface area contributed by atoms with Gasteiger partial charge in [0.2, 0.25) is 0 Å². The third-order valence-electron chi connectivity index (χ3n) is 5.28. The number of alkyl carbamates (subject to hydrolysis) is 1. The van der Waals surface area contributed by atoms with Gasteiger partial charge < -0.3 is 20.1 Å². The average molecular weight is 399 g/mol. The molecule has 1 unspecified atom stereocenters. The van der Waals surface area contributed by atoms with E-state index in [9.17, 15) is 9.59 Å². The molecule has 0 radical (unpaired) electrons. The summed E-state index contributed by atoms with van der Waals surface area (Å²) in [7, 11) is 0. The first-order valence-electron chi connectivity index (χ1n) is 10.8. The van der Waals surface area contributed by atoms with Crippen molar-refractivity contribution < 1.29 is 19.1 Å². The molecule has 1 saturated carbocycles. The Morgan fingerprint density at radius 2 is 1.61 bits per heavy atom. The minimum atomic E-state index is -0.460. The predicted molar refractivity (Wildman–Crippen MR) is 112 cm³/mol. The van der Waals surface area contributed by atoms with Crippen LogP contribution in [0.15, 0.2) is 0 Å². The molecule has 0 heterocycles. The van der Waals surface area contributed by atoms with Gasteiger partial charge in [0.25, 0.3) is 0 Å². The van der Waals surface area contributed by atoms with E-state index < -0.39 is 5.60 Å². The fraction of sp³-hybridized carbons (Fsp3) is 0.909. The van der Waals surface area contributed by atoms with Gasteiger partial charge in [-0.15, -0.1) is 0 Å². The first kappa shape index (κ1) is 24.7. The normalized spacial score (nSPS) is 21.7. The number of esters is 1. The maximum absolute atomic E-state index is 12.2.